The van der Waals surface area contributed by atoms with E-state index in [1.165, 1.54) is 6.92 Å². The van der Waals surface area contributed by atoms with Crippen LogP contribution in [-0.4, -0.2) is 46.4 Å². The van der Waals surface area contributed by atoms with Gasteiger partial charge in [-0.2, -0.15) is 0 Å². The molecule has 194 valence electrons. The van der Waals surface area contributed by atoms with E-state index < -0.39 is 28.8 Å². The highest BCUT2D eigenvalue weighted by atomic mass is 16.7. The maximum Gasteiger partial charge on any atom is 0.302 e. The largest absolute Gasteiger partial charge is 0.472 e. The fourth-order valence-electron chi connectivity index (χ4n) is 10.1. The summed E-state index contributed by atoms with van der Waals surface area (Å²) in [6.45, 7) is 12.7. The molecule has 2 N–H and O–H groups in total. The number of aliphatic hydroxyl groups is 2. The predicted molar refractivity (Wildman–Crippen MR) is 126 cm³/mol. The van der Waals surface area contributed by atoms with Crippen molar-refractivity contribution in [2.75, 3.05) is 0 Å². The van der Waals surface area contributed by atoms with E-state index in [0.717, 1.165) is 31.2 Å². The number of hydrogen-bond donors (Lipinski definition) is 2. The van der Waals surface area contributed by atoms with Crippen molar-refractivity contribution in [3.05, 3.63) is 24.2 Å². The molecule has 3 saturated carbocycles. The first-order chi connectivity index (χ1) is 16.3. The van der Waals surface area contributed by atoms with Crippen LogP contribution in [0.5, 0.6) is 0 Å². The van der Waals surface area contributed by atoms with Crippen LogP contribution in [-0.2, 0) is 19.0 Å². The molecule has 7 heteroatoms. The first-order valence-corrected chi connectivity index (χ1v) is 13.2. The molecule has 1 aromatic rings. The third kappa shape index (κ3) is 2.68. The van der Waals surface area contributed by atoms with Gasteiger partial charge in [0.1, 0.15) is 17.8 Å². The summed E-state index contributed by atoms with van der Waals surface area (Å²) in [7, 11) is 0. The van der Waals surface area contributed by atoms with E-state index in [2.05, 4.69) is 34.6 Å². The van der Waals surface area contributed by atoms with Crippen LogP contribution in [0.25, 0.3) is 0 Å². The van der Waals surface area contributed by atoms with Gasteiger partial charge in [-0.15, -0.1) is 0 Å². The van der Waals surface area contributed by atoms with E-state index in [1.807, 2.05) is 6.07 Å². The molecule has 0 amide bonds. The average molecular weight is 489 g/mol. The number of furan rings is 1. The number of esters is 1. The molecule has 3 aliphatic carbocycles. The summed E-state index contributed by atoms with van der Waals surface area (Å²) in [5.41, 5.74) is -1.09. The van der Waals surface area contributed by atoms with Crippen LogP contribution in [0.1, 0.15) is 85.3 Å². The Morgan fingerprint density at radius 1 is 1.09 bits per heavy atom. The second-order valence-corrected chi connectivity index (χ2v) is 13.3. The van der Waals surface area contributed by atoms with Gasteiger partial charge in [-0.25, -0.2) is 0 Å². The van der Waals surface area contributed by atoms with E-state index >= 15 is 0 Å². The summed E-state index contributed by atoms with van der Waals surface area (Å²) in [6, 6.07) is 1.90. The molecule has 0 bridgehead atoms. The molecule has 35 heavy (non-hydrogen) atoms. The van der Waals surface area contributed by atoms with Gasteiger partial charge in [0.15, 0.2) is 6.29 Å². The smallest absolute Gasteiger partial charge is 0.302 e. The van der Waals surface area contributed by atoms with Crippen LogP contribution in [0.4, 0.5) is 0 Å². The third-order valence-electron chi connectivity index (χ3n) is 11.7. The lowest BCUT2D eigenvalue weighted by Gasteiger charge is -2.70. The van der Waals surface area contributed by atoms with Gasteiger partial charge in [0.25, 0.3) is 0 Å². The van der Waals surface area contributed by atoms with Crippen LogP contribution in [0.15, 0.2) is 23.0 Å². The highest BCUT2D eigenvalue weighted by molar-refractivity contribution is 5.66. The SMILES string of the molecule is CC(=O)O[C@@H]1CC2C(C)(C)C(O)CC[C@]2(C)C2CC[C@@]3(C)[C@H](c4ccoc4)OC(O)[C@H]4O[C@]43[C@@]21C. The van der Waals surface area contributed by atoms with Gasteiger partial charge in [0, 0.05) is 23.3 Å². The molecule has 2 saturated heterocycles. The highest BCUT2D eigenvalue weighted by Crippen LogP contribution is 2.80. The maximum atomic E-state index is 12.5. The highest BCUT2D eigenvalue weighted by Gasteiger charge is 2.87. The maximum absolute atomic E-state index is 12.5. The zero-order chi connectivity index (χ0) is 25.2. The van der Waals surface area contributed by atoms with Gasteiger partial charge < -0.3 is 28.8 Å². The Balaban J connectivity index is 1.52. The van der Waals surface area contributed by atoms with Gasteiger partial charge >= 0.3 is 5.97 Å². The first kappa shape index (κ1) is 24.0. The molecule has 5 aliphatic rings. The van der Waals surface area contributed by atoms with Gasteiger partial charge in [0.05, 0.1) is 24.7 Å². The van der Waals surface area contributed by atoms with Crippen LogP contribution < -0.4 is 0 Å². The molecular weight excluding hydrogens is 448 g/mol. The second kappa shape index (κ2) is 7.12. The lowest BCUT2D eigenvalue weighted by molar-refractivity contribution is -0.294. The Morgan fingerprint density at radius 2 is 1.83 bits per heavy atom. The summed E-state index contributed by atoms with van der Waals surface area (Å²) in [6.07, 6.45) is 4.82. The molecule has 7 nitrogen and oxygen atoms in total. The zero-order valence-corrected chi connectivity index (χ0v) is 21.7. The normalized spacial score (nSPS) is 54.0. The zero-order valence-electron chi connectivity index (χ0n) is 21.7. The minimum Gasteiger partial charge on any atom is -0.472 e. The van der Waals surface area contributed by atoms with Crippen LogP contribution in [0, 0.1) is 33.5 Å². The molecule has 5 fully saturated rings. The number of rotatable bonds is 2. The van der Waals surface area contributed by atoms with Crippen LogP contribution >= 0.6 is 0 Å². The summed E-state index contributed by atoms with van der Waals surface area (Å²) in [5.74, 6) is 0.111. The van der Waals surface area contributed by atoms with Gasteiger partial charge in [0.2, 0.25) is 0 Å². The Kier molecular flexibility index (Phi) is 4.87. The number of aliphatic hydroxyl groups excluding tert-OH is 2. The van der Waals surface area contributed by atoms with E-state index in [-0.39, 0.29) is 46.9 Å². The summed E-state index contributed by atoms with van der Waals surface area (Å²) in [5, 5.41) is 22.1. The molecule has 6 rings (SSSR count). The van der Waals surface area contributed by atoms with Crippen LogP contribution in [0.2, 0.25) is 0 Å². The number of epoxide rings is 1. The van der Waals surface area contributed by atoms with Crippen molar-refractivity contribution in [1.82, 2.24) is 0 Å². The van der Waals surface area contributed by atoms with Crippen molar-refractivity contribution in [1.29, 1.82) is 0 Å². The lowest BCUT2D eigenvalue weighted by Crippen LogP contribution is -2.73. The van der Waals surface area contributed by atoms with Gasteiger partial charge in [-0.3, -0.25) is 4.79 Å². The molecule has 2 aliphatic heterocycles. The van der Waals surface area contributed by atoms with Crippen LogP contribution in [0.3, 0.4) is 0 Å². The van der Waals surface area contributed by atoms with Crippen molar-refractivity contribution < 1.29 is 33.6 Å². The molecule has 3 heterocycles. The van der Waals surface area contributed by atoms with Crippen molar-refractivity contribution >= 4 is 5.97 Å². The fraction of sp³-hybridized carbons (Fsp3) is 0.821. The van der Waals surface area contributed by atoms with Crippen molar-refractivity contribution in [3.8, 4) is 0 Å². The second-order valence-electron chi connectivity index (χ2n) is 13.3. The Labute approximate surface area is 207 Å². The Hall–Kier alpha value is -1.41. The van der Waals surface area contributed by atoms with Crippen molar-refractivity contribution in [2.24, 2.45) is 33.5 Å². The number of carbonyl (C=O) groups is 1. The quantitative estimate of drug-likeness (QED) is 0.471. The molecule has 0 radical (unpaired) electrons. The Bertz CT molecular complexity index is 1020. The molecule has 0 aromatic carbocycles. The average Bonchev–Trinajstić information content (AvgIpc) is 3.35. The summed E-state index contributed by atoms with van der Waals surface area (Å²) in [4.78, 5) is 12.5. The van der Waals surface area contributed by atoms with Crippen molar-refractivity contribution in [3.63, 3.8) is 0 Å². The van der Waals surface area contributed by atoms with E-state index in [4.69, 9.17) is 18.6 Å². The predicted octanol–water partition coefficient (Wildman–Crippen LogP) is 4.37. The number of carbonyl (C=O) groups excluding carboxylic acids is 1. The monoisotopic (exact) mass is 488 g/mol. The minimum atomic E-state index is -1.06. The number of ether oxygens (including phenoxy) is 3. The standard InChI is InChI=1S/C28H40O7/c1-15(29)33-20-13-18-24(2,3)19(30)8-10-25(18,4)17-7-11-26(5)21(16-9-12-32-14-16)34-23(31)22-28(26,35-22)27(17,20)6/h9,12,14,17-23,30-31H,7-8,10-11,13H2,1-6H3/t17?,18?,19?,20-,21+,22-,23?,25-,26+,27+,28-/m1/s1. The lowest BCUT2D eigenvalue weighted by atomic mass is 9.34. The van der Waals surface area contributed by atoms with Gasteiger partial charge in [-0.05, 0) is 60.8 Å². The topological polar surface area (TPSA) is 102 Å². The number of fused-ring (bicyclic) bond motifs is 3. The van der Waals surface area contributed by atoms with Gasteiger partial charge in [-0.1, -0.05) is 34.6 Å². The van der Waals surface area contributed by atoms with Crippen molar-refractivity contribution in [2.45, 2.75) is 110 Å². The number of hydrogen-bond acceptors (Lipinski definition) is 7. The molecule has 1 aromatic heterocycles. The van der Waals surface area contributed by atoms with E-state index in [9.17, 15) is 15.0 Å². The first-order valence-electron chi connectivity index (χ1n) is 13.2. The van der Waals surface area contributed by atoms with E-state index in [0.29, 0.717) is 6.42 Å². The molecule has 1 spiro atoms. The molecule has 4 unspecified atom stereocenters. The third-order valence-corrected chi connectivity index (χ3v) is 11.7. The Morgan fingerprint density at radius 3 is 2.49 bits per heavy atom. The summed E-state index contributed by atoms with van der Waals surface area (Å²) < 4.78 is 24.4. The minimum absolute atomic E-state index is 0.0465. The summed E-state index contributed by atoms with van der Waals surface area (Å²) >= 11 is 0. The fourth-order valence-corrected chi connectivity index (χ4v) is 10.1. The molecular formula is C28H40O7. The van der Waals surface area contributed by atoms with E-state index in [1.54, 1.807) is 12.5 Å². The molecule has 11 atom stereocenters.